The van der Waals surface area contributed by atoms with E-state index in [4.69, 9.17) is 0 Å². The van der Waals surface area contributed by atoms with E-state index in [1.54, 1.807) is 24.3 Å². The SMILES string of the molecule is CC(C)CNc1nnc(S[C@H](C)C(=O)c2ccc(NS(C)(=O)=O)cc2)s1. The van der Waals surface area contributed by atoms with E-state index in [-0.39, 0.29) is 11.0 Å². The minimum atomic E-state index is -3.33. The summed E-state index contributed by atoms with van der Waals surface area (Å²) in [7, 11) is -3.33. The first-order chi connectivity index (χ1) is 12.1. The van der Waals surface area contributed by atoms with E-state index >= 15 is 0 Å². The van der Waals surface area contributed by atoms with Gasteiger partial charge in [0.2, 0.25) is 15.2 Å². The summed E-state index contributed by atoms with van der Waals surface area (Å²) in [6.45, 7) is 6.86. The van der Waals surface area contributed by atoms with E-state index < -0.39 is 10.0 Å². The topological polar surface area (TPSA) is 101 Å². The number of nitrogens with one attached hydrogen (secondary N) is 2. The average Bonchev–Trinajstić information content (AvgIpc) is 2.99. The molecule has 0 aliphatic carbocycles. The predicted molar refractivity (Wildman–Crippen MR) is 108 cm³/mol. The lowest BCUT2D eigenvalue weighted by Gasteiger charge is -2.09. The van der Waals surface area contributed by atoms with Crippen molar-refractivity contribution in [3.05, 3.63) is 29.8 Å². The number of hydrogen-bond acceptors (Lipinski definition) is 8. The number of aromatic nitrogens is 2. The molecule has 7 nitrogen and oxygen atoms in total. The molecule has 10 heteroatoms. The molecule has 142 valence electrons. The van der Waals surface area contributed by atoms with Crippen molar-refractivity contribution in [2.24, 2.45) is 5.92 Å². The molecule has 0 aliphatic heterocycles. The Morgan fingerprint density at radius 1 is 1.19 bits per heavy atom. The number of anilines is 2. The number of carbonyl (C=O) groups is 1. The van der Waals surface area contributed by atoms with Crippen LogP contribution in [-0.2, 0) is 10.0 Å². The Kier molecular flexibility index (Phi) is 7.01. The second-order valence-corrected chi connectivity index (χ2v) is 10.5. The van der Waals surface area contributed by atoms with E-state index in [1.165, 1.54) is 23.1 Å². The second-order valence-electron chi connectivity index (χ2n) is 6.22. The van der Waals surface area contributed by atoms with Crippen LogP contribution in [-0.4, -0.2) is 42.4 Å². The van der Waals surface area contributed by atoms with Gasteiger partial charge in [-0.1, -0.05) is 36.9 Å². The molecule has 0 saturated carbocycles. The van der Waals surface area contributed by atoms with Crippen molar-refractivity contribution in [1.82, 2.24) is 10.2 Å². The molecule has 1 aromatic heterocycles. The molecular weight excluding hydrogens is 392 g/mol. The lowest BCUT2D eigenvalue weighted by molar-refractivity contribution is 0.0994. The number of hydrogen-bond donors (Lipinski definition) is 2. The smallest absolute Gasteiger partial charge is 0.229 e. The standard InChI is InChI=1S/C16H22N4O3S3/c1-10(2)9-17-15-18-19-16(25-15)24-11(3)14(21)12-5-7-13(8-6-12)20-26(4,22)23/h5-8,10-11,20H,9H2,1-4H3,(H,17,18)/t11-/m1/s1. The zero-order valence-electron chi connectivity index (χ0n) is 15.0. The highest BCUT2D eigenvalue weighted by Gasteiger charge is 2.19. The zero-order valence-corrected chi connectivity index (χ0v) is 17.5. The highest BCUT2D eigenvalue weighted by atomic mass is 32.2. The van der Waals surface area contributed by atoms with Crippen molar-refractivity contribution in [2.75, 3.05) is 22.8 Å². The number of sulfonamides is 1. The summed E-state index contributed by atoms with van der Waals surface area (Å²) in [5.41, 5.74) is 0.945. The second kappa shape index (κ2) is 8.83. The molecule has 1 aromatic carbocycles. The molecule has 2 N–H and O–H groups in total. The fraction of sp³-hybridized carbons (Fsp3) is 0.438. The monoisotopic (exact) mass is 414 g/mol. The first-order valence-corrected chi connectivity index (χ1v) is 11.6. The van der Waals surface area contributed by atoms with Crippen LogP contribution in [0.5, 0.6) is 0 Å². The highest BCUT2D eigenvalue weighted by Crippen LogP contribution is 2.30. The molecule has 0 bridgehead atoms. The van der Waals surface area contributed by atoms with Crippen LogP contribution in [0.15, 0.2) is 28.6 Å². The molecule has 1 heterocycles. The van der Waals surface area contributed by atoms with Crippen molar-refractivity contribution in [3.63, 3.8) is 0 Å². The Morgan fingerprint density at radius 2 is 1.85 bits per heavy atom. The van der Waals surface area contributed by atoms with Crippen LogP contribution in [0.2, 0.25) is 0 Å². The lowest BCUT2D eigenvalue weighted by Crippen LogP contribution is -2.14. The summed E-state index contributed by atoms with van der Waals surface area (Å²) in [6.07, 6.45) is 1.08. The molecule has 0 radical (unpaired) electrons. The fourth-order valence-electron chi connectivity index (χ4n) is 1.98. The van der Waals surface area contributed by atoms with Gasteiger partial charge >= 0.3 is 0 Å². The molecule has 0 amide bonds. The molecule has 2 rings (SSSR count). The van der Waals surface area contributed by atoms with Gasteiger partial charge in [-0.15, -0.1) is 10.2 Å². The number of rotatable bonds is 9. The van der Waals surface area contributed by atoms with E-state index in [9.17, 15) is 13.2 Å². The van der Waals surface area contributed by atoms with Gasteiger partial charge in [-0.05, 0) is 37.1 Å². The van der Waals surface area contributed by atoms with Gasteiger partial charge in [0.1, 0.15) is 0 Å². The molecular formula is C16H22N4O3S3. The van der Waals surface area contributed by atoms with E-state index in [2.05, 4.69) is 34.1 Å². The van der Waals surface area contributed by atoms with Gasteiger partial charge in [-0.25, -0.2) is 8.42 Å². The molecule has 0 unspecified atom stereocenters. The third-order valence-electron chi connectivity index (χ3n) is 3.19. The van der Waals surface area contributed by atoms with E-state index in [1.807, 2.05) is 6.92 Å². The van der Waals surface area contributed by atoms with Gasteiger partial charge < -0.3 is 5.32 Å². The summed E-state index contributed by atoms with van der Waals surface area (Å²) in [4.78, 5) is 12.5. The van der Waals surface area contributed by atoms with Crippen LogP contribution in [0.25, 0.3) is 0 Å². The van der Waals surface area contributed by atoms with Gasteiger partial charge in [-0.2, -0.15) is 0 Å². The summed E-state index contributed by atoms with van der Waals surface area (Å²) in [6, 6.07) is 6.38. The first kappa shape index (κ1) is 20.7. The average molecular weight is 415 g/mol. The minimum absolute atomic E-state index is 0.0483. The Balaban J connectivity index is 1.96. The maximum absolute atomic E-state index is 12.5. The highest BCUT2D eigenvalue weighted by molar-refractivity contribution is 8.02. The van der Waals surface area contributed by atoms with Crippen LogP contribution in [0.3, 0.4) is 0 Å². The summed E-state index contributed by atoms with van der Waals surface area (Å²) < 4.78 is 25.5. The zero-order chi connectivity index (χ0) is 19.3. The Labute approximate surface area is 162 Å². The summed E-state index contributed by atoms with van der Waals surface area (Å²) in [5, 5.41) is 11.8. The van der Waals surface area contributed by atoms with E-state index in [0.717, 1.165) is 22.3 Å². The number of carbonyl (C=O) groups excluding carboxylic acids is 1. The molecule has 0 spiro atoms. The quantitative estimate of drug-likeness (QED) is 0.479. The summed E-state index contributed by atoms with van der Waals surface area (Å²) in [5.74, 6) is 0.462. The fourth-order valence-corrected chi connectivity index (χ4v) is 4.52. The van der Waals surface area contributed by atoms with Gasteiger partial charge in [0, 0.05) is 17.8 Å². The van der Waals surface area contributed by atoms with Crippen molar-refractivity contribution >= 4 is 49.7 Å². The number of nitrogens with zero attached hydrogens (tertiary/aromatic N) is 2. The number of benzene rings is 1. The van der Waals surface area contributed by atoms with Crippen LogP contribution in [0.4, 0.5) is 10.8 Å². The largest absolute Gasteiger partial charge is 0.360 e. The molecule has 0 fully saturated rings. The van der Waals surface area contributed by atoms with Crippen LogP contribution < -0.4 is 10.0 Å². The van der Waals surface area contributed by atoms with Gasteiger partial charge in [0.15, 0.2) is 10.1 Å². The number of ketones is 1. The van der Waals surface area contributed by atoms with E-state index in [0.29, 0.717) is 17.2 Å². The van der Waals surface area contributed by atoms with Crippen molar-refractivity contribution in [2.45, 2.75) is 30.4 Å². The summed E-state index contributed by atoms with van der Waals surface area (Å²) >= 11 is 2.78. The number of thioether (sulfide) groups is 1. The van der Waals surface area contributed by atoms with Crippen molar-refractivity contribution in [1.29, 1.82) is 0 Å². The first-order valence-electron chi connectivity index (χ1n) is 8.00. The third kappa shape index (κ3) is 6.58. The van der Waals surface area contributed by atoms with Gasteiger partial charge in [0.25, 0.3) is 0 Å². The third-order valence-corrected chi connectivity index (χ3v) is 5.86. The predicted octanol–water partition coefficient (Wildman–Crippen LogP) is 3.34. The van der Waals surface area contributed by atoms with Crippen molar-refractivity contribution in [3.8, 4) is 0 Å². The molecule has 1 atom stereocenters. The lowest BCUT2D eigenvalue weighted by atomic mass is 10.1. The normalized spacial score (nSPS) is 12.8. The molecule has 26 heavy (non-hydrogen) atoms. The maximum Gasteiger partial charge on any atom is 0.229 e. The van der Waals surface area contributed by atoms with Gasteiger partial charge in [-0.3, -0.25) is 9.52 Å². The molecule has 0 saturated heterocycles. The number of Topliss-reactive ketones (excluding diaryl/α,β-unsaturated/α-hetero) is 1. The molecule has 2 aromatic rings. The van der Waals surface area contributed by atoms with Crippen LogP contribution in [0.1, 0.15) is 31.1 Å². The van der Waals surface area contributed by atoms with Crippen molar-refractivity contribution < 1.29 is 13.2 Å². The molecule has 0 aliphatic rings. The minimum Gasteiger partial charge on any atom is -0.360 e. The van der Waals surface area contributed by atoms with Crippen LogP contribution in [0, 0.1) is 5.92 Å². The van der Waals surface area contributed by atoms with Gasteiger partial charge in [0.05, 0.1) is 11.5 Å². The van der Waals surface area contributed by atoms with Crippen LogP contribution >= 0.6 is 23.1 Å². The Hall–Kier alpha value is -1.65. The maximum atomic E-state index is 12.5. The Morgan fingerprint density at radius 3 is 2.42 bits per heavy atom. The Bertz CT molecular complexity index is 848.